The molecule has 0 saturated heterocycles. The van der Waals surface area contributed by atoms with Crippen molar-refractivity contribution in [1.29, 1.82) is 0 Å². The first-order valence-electron chi connectivity index (χ1n) is 5.60. The second kappa shape index (κ2) is 7.02. The first-order valence-corrected chi connectivity index (χ1v) is 6.72. The molecule has 1 nitrogen and oxygen atoms in total. The molecule has 0 radical (unpaired) electrons. The maximum atomic E-state index is 3.50. The molecule has 0 bridgehead atoms. The van der Waals surface area contributed by atoms with E-state index >= 15 is 0 Å². The summed E-state index contributed by atoms with van der Waals surface area (Å²) in [6.45, 7) is 7.74. The van der Waals surface area contributed by atoms with E-state index in [1.165, 1.54) is 24.1 Å². The molecular formula is C13H20BrN. The lowest BCUT2D eigenvalue weighted by Gasteiger charge is -2.20. The van der Waals surface area contributed by atoms with Crippen LogP contribution < -0.4 is 0 Å². The molecule has 0 unspecified atom stereocenters. The molecule has 0 atom stereocenters. The summed E-state index contributed by atoms with van der Waals surface area (Å²) in [5, 5.41) is 1.05. The van der Waals surface area contributed by atoms with E-state index in [1.807, 2.05) is 0 Å². The normalized spacial score (nSPS) is 10.9. The van der Waals surface area contributed by atoms with Gasteiger partial charge in [0.2, 0.25) is 0 Å². The number of benzene rings is 1. The predicted octanol–water partition coefficient (Wildman–Crippen LogP) is 3.60. The van der Waals surface area contributed by atoms with Gasteiger partial charge in [-0.3, -0.25) is 4.90 Å². The second-order valence-electron chi connectivity index (χ2n) is 3.95. The molecule has 0 saturated carbocycles. The van der Waals surface area contributed by atoms with Gasteiger partial charge < -0.3 is 0 Å². The van der Waals surface area contributed by atoms with Gasteiger partial charge >= 0.3 is 0 Å². The van der Waals surface area contributed by atoms with Crippen molar-refractivity contribution in [3.05, 3.63) is 35.4 Å². The van der Waals surface area contributed by atoms with Gasteiger partial charge in [-0.25, -0.2) is 0 Å². The Kier molecular flexibility index (Phi) is 5.96. The summed E-state index contributed by atoms with van der Waals surface area (Å²) in [5.74, 6) is 0. The van der Waals surface area contributed by atoms with Crippen molar-refractivity contribution in [2.24, 2.45) is 0 Å². The molecule has 0 heterocycles. The monoisotopic (exact) mass is 269 g/mol. The highest BCUT2D eigenvalue weighted by atomic mass is 79.9. The lowest BCUT2D eigenvalue weighted by atomic mass is 10.1. The summed E-state index contributed by atoms with van der Waals surface area (Å²) in [6.07, 6.45) is 1.22. The van der Waals surface area contributed by atoms with E-state index in [9.17, 15) is 0 Å². The van der Waals surface area contributed by atoms with Crippen molar-refractivity contribution in [2.45, 2.75) is 26.8 Å². The van der Waals surface area contributed by atoms with E-state index in [4.69, 9.17) is 0 Å². The van der Waals surface area contributed by atoms with Gasteiger partial charge in [0, 0.05) is 18.4 Å². The third-order valence-electron chi connectivity index (χ3n) is 2.47. The summed E-state index contributed by atoms with van der Waals surface area (Å²) >= 11 is 3.50. The van der Waals surface area contributed by atoms with Crippen molar-refractivity contribution in [1.82, 2.24) is 4.90 Å². The topological polar surface area (TPSA) is 3.24 Å². The van der Waals surface area contributed by atoms with Crippen LogP contribution in [-0.2, 0) is 6.54 Å². The van der Waals surface area contributed by atoms with E-state index in [1.54, 1.807) is 0 Å². The number of alkyl halides is 1. The fraction of sp³-hybridized carbons (Fsp3) is 0.538. The fourth-order valence-electron chi connectivity index (χ4n) is 1.66. The standard InChI is InChI=1S/C13H20BrN/c1-3-9-15(10-8-14)11-13-6-4-12(2)5-7-13/h4-7H,3,8-11H2,1-2H3. The highest BCUT2D eigenvalue weighted by Crippen LogP contribution is 2.07. The van der Waals surface area contributed by atoms with Crippen LogP contribution in [-0.4, -0.2) is 23.3 Å². The van der Waals surface area contributed by atoms with Gasteiger partial charge in [-0.1, -0.05) is 52.7 Å². The van der Waals surface area contributed by atoms with Crippen LogP contribution in [0, 0.1) is 6.92 Å². The second-order valence-corrected chi connectivity index (χ2v) is 4.74. The van der Waals surface area contributed by atoms with Crippen LogP contribution in [0.3, 0.4) is 0 Å². The molecule has 1 aromatic carbocycles. The average molecular weight is 270 g/mol. The molecule has 0 spiro atoms. The molecule has 0 aliphatic carbocycles. The summed E-state index contributed by atoms with van der Waals surface area (Å²) in [7, 11) is 0. The number of hydrogen-bond donors (Lipinski definition) is 0. The summed E-state index contributed by atoms with van der Waals surface area (Å²) in [5.41, 5.74) is 2.75. The molecule has 1 aromatic rings. The largest absolute Gasteiger partial charge is 0.298 e. The zero-order valence-corrected chi connectivity index (χ0v) is 11.3. The number of hydrogen-bond acceptors (Lipinski definition) is 1. The Morgan fingerprint density at radius 3 is 2.33 bits per heavy atom. The first-order chi connectivity index (χ1) is 7.26. The fourth-order valence-corrected chi connectivity index (χ4v) is 2.16. The molecule has 15 heavy (non-hydrogen) atoms. The maximum Gasteiger partial charge on any atom is 0.0234 e. The molecular weight excluding hydrogens is 250 g/mol. The molecule has 0 aliphatic rings. The van der Waals surface area contributed by atoms with Crippen LogP contribution in [0.4, 0.5) is 0 Å². The Morgan fingerprint density at radius 2 is 1.80 bits per heavy atom. The van der Waals surface area contributed by atoms with Gasteiger partial charge in [-0.05, 0) is 25.5 Å². The number of nitrogens with zero attached hydrogens (tertiary/aromatic N) is 1. The quantitative estimate of drug-likeness (QED) is 0.714. The predicted molar refractivity (Wildman–Crippen MR) is 70.5 cm³/mol. The Labute approximate surface area is 102 Å². The minimum absolute atomic E-state index is 1.05. The third kappa shape index (κ3) is 4.80. The van der Waals surface area contributed by atoms with Crippen LogP contribution in [0.25, 0.3) is 0 Å². The maximum absolute atomic E-state index is 3.50. The van der Waals surface area contributed by atoms with Crippen molar-refractivity contribution in [2.75, 3.05) is 18.4 Å². The molecule has 0 aliphatic heterocycles. The lowest BCUT2D eigenvalue weighted by molar-refractivity contribution is 0.284. The van der Waals surface area contributed by atoms with Crippen LogP contribution in [0.15, 0.2) is 24.3 Å². The van der Waals surface area contributed by atoms with E-state index in [0.29, 0.717) is 0 Å². The molecule has 0 N–H and O–H groups in total. The van der Waals surface area contributed by atoms with E-state index < -0.39 is 0 Å². The highest BCUT2D eigenvalue weighted by Gasteiger charge is 2.03. The van der Waals surface area contributed by atoms with Gasteiger partial charge in [0.15, 0.2) is 0 Å². The van der Waals surface area contributed by atoms with Crippen molar-refractivity contribution < 1.29 is 0 Å². The zero-order valence-electron chi connectivity index (χ0n) is 9.67. The number of rotatable bonds is 6. The van der Waals surface area contributed by atoms with E-state index in [0.717, 1.165) is 18.4 Å². The van der Waals surface area contributed by atoms with Gasteiger partial charge in [0.25, 0.3) is 0 Å². The van der Waals surface area contributed by atoms with E-state index in [2.05, 4.69) is 58.9 Å². The highest BCUT2D eigenvalue weighted by molar-refractivity contribution is 9.09. The summed E-state index contributed by atoms with van der Waals surface area (Å²) < 4.78 is 0. The van der Waals surface area contributed by atoms with Gasteiger partial charge in [-0.15, -0.1) is 0 Å². The summed E-state index contributed by atoms with van der Waals surface area (Å²) in [4.78, 5) is 2.49. The zero-order chi connectivity index (χ0) is 11.1. The molecule has 0 aromatic heterocycles. The van der Waals surface area contributed by atoms with Crippen molar-refractivity contribution in [3.8, 4) is 0 Å². The first kappa shape index (κ1) is 12.7. The Morgan fingerprint density at radius 1 is 1.13 bits per heavy atom. The molecule has 0 amide bonds. The molecule has 2 heteroatoms. The van der Waals surface area contributed by atoms with Crippen LogP contribution in [0.5, 0.6) is 0 Å². The summed E-state index contributed by atoms with van der Waals surface area (Å²) in [6, 6.07) is 8.83. The van der Waals surface area contributed by atoms with Crippen LogP contribution >= 0.6 is 15.9 Å². The number of aryl methyl sites for hydroxylation is 1. The van der Waals surface area contributed by atoms with E-state index in [-0.39, 0.29) is 0 Å². The van der Waals surface area contributed by atoms with Crippen LogP contribution in [0.2, 0.25) is 0 Å². The van der Waals surface area contributed by atoms with Crippen molar-refractivity contribution in [3.63, 3.8) is 0 Å². The minimum atomic E-state index is 1.05. The Bertz CT molecular complexity index is 262. The Balaban J connectivity index is 2.53. The smallest absolute Gasteiger partial charge is 0.0234 e. The minimum Gasteiger partial charge on any atom is -0.298 e. The van der Waals surface area contributed by atoms with Gasteiger partial charge in [-0.2, -0.15) is 0 Å². The number of halogens is 1. The molecule has 0 fully saturated rings. The van der Waals surface area contributed by atoms with Crippen molar-refractivity contribution >= 4 is 15.9 Å². The molecule has 1 rings (SSSR count). The van der Waals surface area contributed by atoms with Crippen LogP contribution in [0.1, 0.15) is 24.5 Å². The average Bonchev–Trinajstić information content (AvgIpc) is 2.22. The third-order valence-corrected chi connectivity index (χ3v) is 2.82. The molecule has 84 valence electrons. The lowest BCUT2D eigenvalue weighted by Crippen LogP contribution is -2.26. The van der Waals surface area contributed by atoms with Gasteiger partial charge in [0.05, 0.1) is 0 Å². The SMILES string of the molecule is CCCN(CCBr)Cc1ccc(C)cc1. The van der Waals surface area contributed by atoms with Gasteiger partial charge in [0.1, 0.15) is 0 Å². The Hall–Kier alpha value is -0.340.